The maximum Gasteiger partial charge on any atom is 0.384 e. The number of carbonyl (C=O) groups excluding carboxylic acids is 1. The van der Waals surface area contributed by atoms with E-state index >= 15 is 0 Å². The van der Waals surface area contributed by atoms with E-state index in [-0.39, 0.29) is 0 Å². The van der Waals surface area contributed by atoms with Gasteiger partial charge in [-0.2, -0.15) is 0 Å². The van der Waals surface area contributed by atoms with E-state index in [4.69, 9.17) is 11.6 Å². The Morgan fingerprint density at radius 1 is 1.56 bits per heavy atom. The van der Waals surface area contributed by atoms with Gasteiger partial charge in [-0.15, -0.1) is 11.3 Å². The molecule has 0 bridgehead atoms. The lowest BCUT2D eigenvalue weighted by Crippen LogP contribution is -1.94. The molecule has 3 nitrogen and oxygen atoms in total. The number of aromatic nitrogens is 1. The van der Waals surface area contributed by atoms with Crippen LogP contribution in [0.25, 0.3) is 10.2 Å². The first kappa shape index (κ1) is 10.9. The Kier molecular flexibility index (Phi) is 3.09. The van der Waals surface area contributed by atoms with Gasteiger partial charge in [0.05, 0.1) is 17.3 Å². The van der Waals surface area contributed by atoms with Crippen LogP contribution >= 0.6 is 22.9 Å². The van der Waals surface area contributed by atoms with Crippen molar-refractivity contribution in [1.29, 1.82) is 0 Å². The molecule has 0 spiro atoms. The van der Waals surface area contributed by atoms with Crippen molar-refractivity contribution in [3.05, 3.63) is 28.2 Å². The summed E-state index contributed by atoms with van der Waals surface area (Å²) in [6.45, 7) is 0. The van der Waals surface area contributed by atoms with E-state index in [1.807, 2.05) is 12.1 Å². The SMILES string of the molecule is COC(=O)C#Cc1ccc2nc(Cl)sc2c1. The van der Waals surface area contributed by atoms with Crippen LogP contribution in [0, 0.1) is 11.8 Å². The highest BCUT2D eigenvalue weighted by atomic mass is 35.5. The molecule has 80 valence electrons. The smallest absolute Gasteiger partial charge is 0.384 e. The van der Waals surface area contributed by atoms with E-state index in [9.17, 15) is 4.79 Å². The Hall–Kier alpha value is -1.57. The molecule has 5 heteroatoms. The molecular formula is C11H6ClNO2S. The van der Waals surface area contributed by atoms with Gasteiger partial charge in [-0.05, 0) is 18.2 Å². The second-order valence-electron chi connectivity index (χ2n) is 2.89. The number of thiazole rings is 1. The molecular weight excluding hydrogens is 246 g/mol. The van der Waals surface area contributed by atoms with Gasteiger partial charge in [0.15, 0.2) is 4.47 Å². The van der Waals surface area contributed by atoms with Crippen LogP contribution in [0.3, 0.4) is 0 Å². The molecule has 1 aromatic heterocycles. The van der Waals surface area contributed by atoms with Gasteiger partial charge >= 0.3 is 5.97 Å². The number of nitrogens with zero attached hydrogens (tertiary/aromatic N) is 1. The molecule has 2 rings (SSSR count). The zero-order chi connectivity index (χ0) is 11.5. The number of rotatable bonds is 0. The van der Waals surface area contributed by atoms with Gasteiger partial charge < -0.3 is 4.74 Å². The maximum absolute atomic E-state index is 10.8. The highest BCUT2D eigenvalue weighted by molar-refractivity contribution is 7.22. The van der Waals surface area contributed by atoms with E-state index in [0.717, 1.165) is 15.8 Å². The molecule has 0 amide bonds. The van der Waals surface area contributed by atoms with Crippen LogP contribution < -0.4 is 0 Å². The van der Waals surface area contributed by atoms with Gasteiger partial charge in [0.1, 0.15) is 0 Å². The van der Waals surface area contributed by atoms with Crippen molar-refractivity contribution in [2.75, 3.05) is 7.11 Å². The number of carbonyl (C=O) groups is 1. The van der Waals surface area contributed by atoms with E-state index in [2.05, 4.69) is 21.6 Å². The summed E-state index contributed by atoms with van der Waals surface area (Å²) in [6, 6.07) is 5.45. The Morgan fingerprint density at radius 3 is 3.12 bits per heavy atom. The third-order valence-corrected chi connectivity index (χ3v) is 2.98. The third-order valence-electron chi connectivity index (χ3n) is 1.86. The zero-order valence-electron chi connectivity index (χ0n) is 8.28. The minimum absolute atomic E-state index is 0.494. The predicted molar refractivity (Wildman–Crippen MR) is 63.5 cm³/mol. The Bertz CT molecular complexity index is 609. The number of fused-ring (bicyclic) bond motifs is 1. The van der Waals surface area contributed by atoms with E-state index in [0.29, 0.717) is 4.47 Å². The zero-order valence-corrected chi connectivity index (χ0v) is 9.85. The standard InChI is InChI=1S/C11H6ClNO2S/c1-15-10(14)5-3-7-2-4-8-9(6-7)16-11(12)13-8/h2,4,6H,1H3. The highest BCUT2D eigenvalue weighted by Crippen LogP contribution is 2.26. The fourth-order valence-corrected chi connectivity index (χ4v) is 2.22. The molecule has 1 heterocycles. The van der Waals surface area contributed by atoms with Crippen LogP contribution in [-0.4, -0.2) is 18.1 Å². The molecule has 0 aliphatic heterocycles. The molecule has 0 aliphatic carbocycles. The first-order valence-electron chi connectivity index (χ1n) is 4.35. The number of ether oxygens (including phenoxy) is 1. The molecule has 0 aliphatic rings. The van der Waals surface area contributed by atoms with Crippen molar-refractivity contribution in [3.63, 3.8) is 0 Å². The largest absolute Gasteiger partial charge is 0.459 e. The fraction of sp³-hybridized carbons (Fsp3) is 0.0909. The first-order chi connectivity index (χ1) is 7.69. The molecule has 16 heavy (non-hydrogen) atoms. The highest BCUT2D eigenvalue weighted by Gasteiger charge is 2.01. The van der Waals surface area contributed by atoms with Crippen molar-refractivity contribution in [2.45, 2.75) is 0 Å². The van der Waals surface area contributed by atoms with Crippen molar-refractivity contribution in [3.8, 4) is 11.8 Å². The van der Waals surface area contributed by atoms with E-state index in [1.165, 1.54) is 18.4 Å². The average Bonchev–Trinajstić information content (AvgIpc) is 2.65. The van der Waals surface area contributed by atoms with Crippen LogP contribution in [0.2, 0.25) is 4.47 Å². The van der Waals surface area contributed by atoms with E-state index in [1.54, 1.807) is 6.07 Å². The van der Waals surface area contributed by atoms with Crippen molar-refractivity contribution < 1.29 is 9.53 Å². The Balaban J connectivity index is 2.38. The minimum Gasteiger partial charge on any atom is -0.459 e. The lowest BCUT2D eigenvalue weighted by Gasteiger charge is -1.89. The van der Waals surface area contributed by atoms with Crippen LogP contribution in [0.15, 0.2) is 18.2 Å². The van der Waals surface area contributed by atoms with Crippen molar-refractivity contribution in [1.82, 2.24) is 4.98 Å². The number of methoxy groups -OCH3 is 1. The third kappa shape index (κ3) is 2.32. The number of halogens is 1. The molecule has 0 N–H and O–H groups in total. The number of benzene rings is 1. The van der Waals surface area contributed by atoms with Gasteiger partial charge in [0.25, 0.3) is 0 Å². The number of hydrogen-bond donors (Lipinski definition) is 0. The van der Waals surface area contributed by atoms with Crippen molar-refractivity contribution in [2.24, 2.45) is 0 Å². The van der Waals surface area contributed by atoms with Crippen molar-refractivity contribution >= 4 is 39.1 Å². The summed E-state index contributed by atoms with van der Waals surface area (Å²) >= 11 is 7.16. The van der Waals surface area contributed by atoms with Gasteiger partial charge in [-0.3, -0.25) is 0 Å². The molecule has 0 unspecified atom stereocenters. The summed E-state index contributed by atoms with van der Waals surface area (Å²) in [5.74, 6) is 4.51. The predicted octanol–water partition coefficient (Wildman–Crippen LogP) is 2.47. The fourth-order valence-electron chi connectivity index (χ4n) is 1.15. The van der Waals surface area contributed by atoms with Crippen LogP contribution in [0.1, 0.15) is 5.56 Å². The van der Waals surface area contributed by atoms with Crippen LogP contribution in [-0.2, 0) is 9.53 Å². The lowest BCUT2D eigenvalue weighted by atomic mass is 10.2. The molecule has 0 saturated heterocycles. The molecule has 1 aromatic carbocycles. The summed E-state index contributed by atoms with van der Waals surface area (Å²) in [6.07, 6.45) is 0. The average molecular weight is 252 g/mol. The van der Waals surface area contributed by atoms with Crippen LogP contribution in [0.5, 0.6) is 0 Å². The quantitative estimate of drug-likeness (QED) is 0.533. The molecule has 0 atom stereocenters. The minimum atomic E-state index is -0.553. The van der Waals surface area contributed by atoms with Crippen LogP contribution in [0.4, 0.5) is 0 Å². The molecule has 0 radical (unpaired) electrons. The molecule has 0 fully saturated rings. The van der Waals surface area contributed by atoms with Gasteiger partial charge in [-0.1, -0.05) is 17.5 Å². The summed E-state index contributed by atoms with van der Waals surface area (Å²) < 4.78 is 5.86. The molecule has 2 aromatic rings. The normalized spacial score (nSPS) is 9.62. The summed E-state index contributed by atoms with van der Waals surface area (Å²) in [4.78, 5) is 14.9. The number of esters is 1. The van der Waals surface area contributed by atoms with E-state index < -0.39 is 5.97 Å². The second-order valence-corrected chi connectivity index (χ2v) is 4.50. The van der Waals surface area contributed by atoms with Gasteiger partial charge in [0.2, 0.25) is 0 Å². The monoisotopic (exact) mass is 251 g/mol. The second kappa shape index (κ2) is 4.52. The lowest BCUT2D eigenvalue weighted by molar-refractivity contribution is -0.133. The summed E-state index contributed by atoms with van der Waals surface area (Å²) in [5.41, 5.74) is 1.57. The Labute approximate surface area is 101 Å². The topological polar surface area (TPSA) is 39.2 Å². The summed E-state index contributed by atoms with van der Waals surface area (Å²) in [5, 5.41) is 0. The number of hydrogen-bond acceptors (Lipinski definition) is 4. The molecule has 0 saturated carbocycles. The van der Waals surface area contributed by atoms with Gasteiger partial charge in [-0.25, -0.2) is 9.78 Å². The van der Waals surface area contributed by atoms with Gasteiger partial charge in [0, 0.05) is 11.5 Å². The Morgan fingerprint density at radius 2 is 2.38 bits per heavy atom. The maximum atomic E-state index is 10.8. The first-order valence-corrected chi connectivity index (χ1v) is 5.54. The summed E-state index contributed by atoms with van der Waals surface area (Å²) in [7, 11) is 1.29.